The van der Waals surface area contributed by atoms with Gasteiger partial charge in [-0.2, -0.15) is 0 Å². The monoisotopic (exact) mass is 556 g/mol. The van der Waals surface area contributed by atoms with Crippen LogP contribution in [-0.4, -0.2) is 40.2 Å². The molecule has 0 atom stereocenters. The highest BCUT2D eigenvalue weighted by atomic mass is 16.4. The van der Waals surface area contributed by atoms with Crippen LogP contribution in [0.2, 0.25) is 0 Å². The van der Waals surface area contributed by atoms with Crippen molar-refractivity contribution in [2.75, 3.05) is 19.6 Å². The second-order valence-corrected chi connectivity index (χ2v) is 12.2. The molecule has 222 valence electrons. The Kier molecular flexibility index (Phi) is 11.3. The molecule has 2 heterocycles. The molecule has 0 bridgehead atoms. The number of aromatic carboxylic acids is 1. The van der Waals surface area contributed by atoms with E-state index in [1.165, 1.54) is 90.5 Å². The Morgan fingerprint density at radius 1 is 0.927 bits per heavy atom. The summed E-state index contributed by atoms with van der Waals surface area (Å²) in [5, 5.41) is 11.0. The maximum atomic E-state index is 11.7. The number of hydrogen-bond donors (Lipinski definition) is 1. The number of para-hydroxylation sites is 1. The van der Waals surface area contributed by atoms with Crippen LogP contribution < -0.4 is 0 Å². The van der Waals surface area contributed by atoms with E-state index in [1.807, 2.05) is 6.07 Å². The Bertz CT molecular complexity index is 1340. The van der Waals surface area contributed by atoms with Crippen molar-refractivity contribution in [3.05, 3.63) is 70.4 Å². The fourth-order valence-corrected chi connectivity index (χ4v) is 7.04. The van der Waals surface area contributed by atoms with E-state index < -0.39 is 5.97 Å². The fourth-order valence-electron chi connectivity index (χ4n) is 7.04. The van der Waals surface area contributed by atoms with Gasteiger partial charge in [0.25, 0.3) is 0 Å². The molecule has 0 aliphatic carbocycles. The van der Waals surface area contributed by atoms with Gasteiger partial charge >= 0.3 is 5.97 Å². The summed E-state index contributed by atoms with van der Waals surface area (Å²) in [7, 11) is 0. The van der Waals surface area contributed by atoms with Crippen LogP contribution in [0.15, 0.2) is 42.6 Å². The third-order valence-corrected chi connectivity index (χ3v) is 9.11. The third kappa shape index (κ3) is 7.33. The van der Waals surface area contributed by atoms with Gasteiger partial charge in [0.15, 0.2) is 0 Å². The Balaban J connectivity index is 1.86. The third-order valence-electron chi connectivity index (χ3n) is 9.11. The Morgan fingerprint density at radius 3 is 2.29 bits per heavy atom. The lowest BCUT2D eigenvalue weighted by molar-refractivity contribution is 0.0696. The van der Waals surface area contributed by atoms with E-state index in [4.69, 9.17) is 0 Å². The van der Waals surface area contributed by atoms with E-state index in [1.54, 1.807) is 6.07 Å². The Hall–Kier alpha value is -2.85. The van der Waals surface area contributed by atoms with Gasteiger partial charge in [0.05, 0.1) is 11.1 Å². The second kappa shape index (κ2) is 14.9. The van der Waals surface area contributed by atoms with Crippen molar-refractivity contribution in [3.8, 4) is 0 Å². The van der Waals surface area contributed by atoms with Crippen LogP contribution in [-0.2, 0) is 13.0 Å². The van der Waals surface area contributed by atoms with E-state index in [0.717, 1.165) is 44.2 Å². The first-order valence-electron chi connectivity index (χ1n) is 16.3. The largest absolute Gasteiger partial charge is 0.478 e. The molecule has 1 aliphatic rings. The van der Waals surface area contributed by atoms with Crippen LogP contribution in [0.1, 0.15) is 118 Å². The molecule has 4 heteroatoms. The number of benzene rings is 2. The molecule has 41 heavy (non-hydrogen) atoms. The number of likely N-dealkylation sites (tertiary alicyclic amines) is 1. The van der Waals surface area contributed by atoms with Gasteiger partial charge in [-0.05, 0) is 124 Å². The van der Waals surface area contributed by atoms with Crippen LogP contribution in [0.4, 0.5) is 0 Å². The highest BCUT2D eigenvalue weighted by Gasteiger charge is 2.23. The first-order chi connectivity index (χ1) is 19.9. The summed E-state index contributed by atoms with van der Waals surface area (Å²) in [6.07, 6.45) is 14.4. The molecule has 0 spiro atoms. The molecule has 0 radical (unpaired) electrons. The standard InChI is InChI=1S/C37H52N2O2/c1-6-9-24-39-26-31(16-13-23-38-21-10-11-22-38)34-18-12-17-33(36(34)39)28(5)35(29(14-7-2)15-8-3)32-20-19-30(37(40)41)25-27(32)4/h12,17-20,25-26,29H,6-11,13-16,21-24H2,1-5H3,(H,40,41)/b35-28+. The fraction of sp³-hybridized carbons (Fsp3) is 0.541. The van der Waals surface area contributed by atoms with Crippen molar-refractivity contribution in [3.63, 3.8) is 0 Å². The van der Waals surface area contributed by atoms with Crippen molar-refractivity contribution in [1.82, 2.24) is 9.47 Å². The van der Waals surface area contributed by atoms with Crippen LogP contribution in [0.5, 0.6) is 0 Å². The normalized spacial score (nSPS) is 14.8. The SMILES string of the molecule is CCCCn1cc(CCCN2CCCC2)c2cccc(/C(C)=C(/c3ccc(C(=O)O)cc3C)C(CCC)CCC)c21. The van der Waals surface area contributed by atoms with Gasteiger partial charge in [0.2, 0.25) is 0 Å². The van der Waals surface area contributed by atoms with Gasteiger partial charge in [0.1, 0.15) is 0 Å². The molecule has 1 N–H and O–H groups in total. The number of carboxylic acids is 1. The summed E-state index contributed by atoms with van der Waals surface area (Å²) in [5.74, 6) is -0.426. The van der Waals surface area contributed by atoms with Crippen molar-refractivity contribution in [1.29, 1.82) is 0 Å². The molecular formula is C37H52N2O2. The van der Waals surface area contributed by atoms with Crippen LogP contribution in [0, 0.1) is 12.8 Å². The van der Waals surface area contributed by atoms with Gasteiger partial charge in [-0.1, -0.05) is 64.3 Å². The van der Waals surface area contributed by atoms with Gasteiger partial charge < -0.3 is 14.6 Å². The number of rotatable bonds is 15. The van der Waals surface area contributed by atoms with E-state index in [-0.39, 0.29) is 0 Å². The maximum absolute atomic E-state index is 11.7. The topological polar surface area (TPSA) is 45.5 Å². The van der Waals surface area contributed by atoms with E-state index in [2.05, 4.69) is 74.5 Å². The number of hydrogen-bond acceptors (Lipinski definition) is 2. The van der Waals surface area contributed by atoms with Crippen molar-refractivity contribution in [2.24, 2.45) is 5.92 Å². The molecule has 1 saturated heterocycles. The predicted molar refractivity (Wildman–Crippen MR) is 175 cm³/mol. The minimum absolute atomic E-state index is 0.361. The van der Waals surface area contributed by atoms with Crippen LogP contribution in [0.3, 0.4) is 0 Å². The zero-order valence-corrected chi connectivity index (χ0v) is 26.3. The number of fused-ring (bicyclic) bond motifs is 1. The minimum atomic E-state index is -0.864. The minimum Gasteiger partial charge on any atom is -0.478 e. The summed E-state index contributed by atoms with van der Waals surface area (Å²) in [6, 6.07) is 12.6. The van der Waals surface area contributed by atoms with Crippen LogP contribution >= 0.6 is 0 Å². The lowest BCUT2D eigenvalue weighted by atomic mass is 9.79. The Morgan fingerprint density at radius 2 is 1.66 bits per heavy atom. The molecule has 4 nitrogen and oxygen atoms in total. The highest BCUT2D eigenvalue weighted by Crippen LogP contribution is 2.41. The van der Waals surface area contributed by atoms with Gasteiger partial charge in [-0.3, -0.25) is 0 Å². The zero-order valence-electron chi connectivity index (χ0n) is 26.3. The van der Waals surface area contributed by atoms with Gasteiger partial charge in [0, 0.05) is 23.7 Å². The van der Waals surface area contributed by atoms with Crippen molar-refractivity contribution < 1.29 is 9.90 Å². The summed E-state index contributed by atoms with van der Waals surface area (Å²) < 4.78 is 2.54. The smallest absolute Gasteiger partial charge is 0.335 e. The number of nitrogens with zero attached hydrogens (tertiary/aromatic N) is 2. The predicted octanol–water partition coefficient (Wildman–Crippen LogP) is 9.62. The quantitative estimate of drug-likeness (QED) is 0.190. The molecule has 2 aromatic carbocycles. The van der Waals surface area contributed by atoms with E-state index in [9.17, 15) is 9.90 Å². The highest BCUT2D eigenvalue weighted by molar-refractivity contribution is 6.01. The van der Waals surface area contributed by atoms with Gasteiger partial charge in [-0.25, -0.2) is 4.79 Å². The van der Waals surface area contributed by atoms with E-state index >= 15 is 0 Å². The average molecular weight is 557 g/mol. The zero-order chi connectivity index (χ0) is 29.4. The maximum Gasteiger partial charge on any atom is 0.335 e. The summed E-state index contributed by atoms with van der Waals surface area (Å²) in [6.45, 7) is 16.0. The molecule has 4 rings (SSSR count). The number of aromatic nitrogens is 1. The van der Waals surface area contributed by atoms with Crippen LogP contribution in [0.25, 0.3) is 22.0 Å². The molecule has 0 saturated carbocycles. The lowest BCUT2D eigenvalue weighted by Crippen LogP contribution is -2.20. The molecule has 1 fully saturated rings. The van der Waals surface area contributed by atoms with Gasteiger partial charge in [-0.15, -0.1) is 0 Å². The molecule has 0 unspecified atom stereocenters. The molecular weight excluding hydrogens is 504 g/mol. The Labute approximate surface area is 248 Å². The molecule has 0 amide bonds. The number of carbonyl (C=O) groups is 1. The second-order valence-electron chi connectivity index (χ2n) is 12.2. The molecule has 3 aromatic rings. The molecule has 1 aromatic heterocycles. The van der Waals surface area contributed by atoms with Crippen molar-refractivity contribution in [2.45, 2.75) is 105 Å². The average Bonchev–Trinajstić information content (AvgIpc) is 3.61. The first kappa shape index (κ1) is 31.1. The number of carboxylic acid groups (broad SMARTS) is 1. The number of allylic oxidation sites excluding steroid dienone is 2. The summed E-state index contributed by atoms with van der Waals surface area (Å²) >= 11 is 0. The van der Waals surface area contributed by atoms with Crippen molar-refractivity contribution >= 4 is 28.0 Å². The molecule has 1 aliphatic heterocycles. The lowest BCUT2D eigenvalue weighted by Gasteiger charge is -2.25. The van der Waals surface area contributed by atoms with E-state index in [0.29, 0.717) is 11.5 Å². The first-order valence-corrected chi connectivity index (χ1v) is 16.3. The summed E-state index contributed by atoms with van der Waals surface area (Å²) in [4.78, 5) is 14.4. The number of unbranched alkanes of at least 4 members (excludes halogenated alkanes) is 1. The summed E-state index contributed by atoms with van der Waals surface area (Å²) in [5.41, 5.74) is 9.54. The number of aryl methyl sites for hydroxylation is 3.